The van der Waals surface area contributed by atoms with Crippen molar-refractivity contribution in [1.82, 2.24) is 25.2 Å². The van der Waals surface area contributed by atoms with E-state index in [0.29, 0.717) is 48.8 Å². The maximum atomic E-state index is 14.8. The average Bonchev–Trinajstić information content (AvgIpc) is 4.03. The molecule has 2 saturated carbocycles. The van der Waals surface area contributed by atoms with E-state index in [-0.39, 0.29) is 54.9 Å². The predicted molar refractivity (Wildman–Crippen MR) is 209 cm³/mol. The third kappa shape index (κ3) is 7.92. The summed E-state index contributed by atoms with van der Waals surface area (Å²) in [5, 5.41) is 6.08. The number of pyridine rings is 1. The summed E-state index contributed by atoms with van der Waals surface area (Å²) >= 11 is 6.72. The van der Waals surface area contributed by atoms with Gasteiger partial charge < -0.3 is 29.7 Å². The molecule has 2 aromatic rings. The van der Waals surface area contributed by atoms with Gasteiger partial charge in [-0.15, -0.1) is 0 Å². The normalized spacial score (nSPS) is 28.8. The Morgan fingerprint density at radius 2 is 1.86 bits per heavy atom. The lowest BCUT2D eigenvalue weighted by molar-refractivity contribution is -0.141. The van der Waals surface area contributed by atoms with Crippen LogP contribution in [0.4, 0.5) is 13.6 Å². The summed E-state index contributed by atoms with van der Waals surface area (Å²) in [4.78, 5) is 62.0. The van der Waals surface area contributed by atoms with Gasteiger partial charge >= 0.3 is 6.09 Å². The second-order valence-corrected chi connectivity index (χ2v) is 20.0. The van der Waals surface area contributed by atoms with Crippen molar-refractivity contribution in [2.75, 3.05) is 13.7 Å². The Labute approximate surface area is 341 Å². The number of hydrogen-bond acceptors (Lipinski definition) is 10. The first-order chi connectivity index (χ1) is 27.2. The molecule has 5 atom stereocenters. The molecular formula is C40H50ClF2N5O9S. The fraction of sp³-hybridized carbons (Fsp3) is 0.625. The second-order valence-electron chi connectivity index (χ2n) is 17.5. The predicted octanol–water partition coefficient (Wildman–Crippen LogP) is 5.79. The summed E-state index contributed by atoms with van der Waals surface area (Å²) in [5.74, 6) is -2.69. The highest BCUT2D eigenvalue weighted by Gasteiger charge is 2.64. The number of ether oxygens (including phenoxy) is 3. The third-order valence-electron chi connectivity index (χ3n) is 12.0. The molecule has 1 aromatic heterocycles. The van der Waals surface area contributed by atoms with Crippen LogP contribution in [-0.2, 0) is 35.6 Å². The number of alkyl halides is 2. The van der Waals surface area contributed by atoms with Crippen molar-refractivity contribution in [1.29, 1.82) is 0 Å². The quantitative estimate of drug-likeness (QED) is 0.301. The lowest BCUT2D eigenvalue weighted by Gasteiger charge is -2.37. The minimum Gasteiger partial charge on any atom is -0.495 e. The maximum absolute atomic E-state index is 14.8. The Bertz CT molecular complexity index is 2180. The lowest BCUT2D eigenvalue weighted by Crippen LogP contribution is -2.58. The number of benzene rings is 1. The molecule has 3 aliphatic heterocycles. The molecule has 58 heavy (non-hydrogen) atoms. The molecule has 0 bridgehead atoms. The average molecular weight is 850 g/mol. The number of alkyl carbamates (subject to hydrolysis) is 1. The van der Waals surface area contributed by atoms with Gasteiger partial charge in [0.2, 0.25) is 21.8 Å². The summed E-state index contributed by atoms with van der Waals surface area (Å²) in [6.07, 6.45) is 3.65. The minimum absolute atomic E-state index is 0.118. The first kappa shape index (κ1) is 41.9. The SMILES string of the molecule is COc1ccc2nc(C(F)F)c3c(c2c1Cl)CC[C@]1(C[C@H]2C(=O)N[C@]4(C(=O)NS(=O)(=O)C5(C)CC5)C[C@H]4/C=C\CCCCC[C@H](NC(=O)OC(C)(C)C)C(=O)N2C1)O3. The minimum atomic E-state index is -4.07. The molecule has 1 aromatic carbocycles. The molecule has 5 aliphatic rings. The maximum Gasteiger partial charge on any atom is 0.408 e. The van der Waals surface area contributed by atoms with Crippen molar-refractivity contribution in [3.05, 3.63) is 40.6 Å². The standard InChI is InChI=1S/C40H50ClF2N5O9S/c1-37(2,3)57-36(52)45-25-12-10-8-6-7-9-11-22-19-40(22,35(51)47-58(53,54)38(4)17-18-38)46-33(49)26-20-39(21-48(26)34(25)50)16-15-23-28-24(13-14-27(55-5)29(28)41)44-30(32(42)43)31(23)56-39/h9,11,13-14,22,25-26,32H,6-8,10,12,15-21H2,1-5H3,(H,45,52)(H,46,49)(H,47,51)/b11-9-/t22-,25+,26+,39-,40-/m1/s1. The first-order valence-electron chi connectivity index (χ1n) is 19.7. The van der Waals surface area contributed by atoms with Gasteiger partial charge in [0.05, 0.1) is 28.9 Å². The van der Waals surface area contributed by atoms with E-state index >= 15 is 0 Å². The summed E-state index contributed by atoms with van der Waals surface area (Å²) < 4.78 is 74.5. The molecule has 18 heteroatoms. The largest absolute Gasteiger partial charge is 0.495 e. The summed E-state index contributed by atoms with van der Waals surface area (Å²) in [5.41, 5.74) is -3.92. The fourth-order valence-electron chi connectivity index (χ4n) is 8.34. The van der Waals surface area contributed by atoms with Crippen LogP contribution in [-0.4, -0.2) is 89.3 Å². The second kappa shape index (κ2) is 15.1. The molecule has 0 unspecified atom stereocenters. The van der Waals surface area contributed by atoms with Gasteiger partial charge in [-0.1, -0.05) is 36.6 Å². The van der Waals surface area contributed by atoms with Gasteiger partial charge in [0.15, 0.2) is 5.75 Å². The number of hydrogen-bond donors (Lipinski definition) is 3. The molecule has 1 spiro atoms. The molecule has 4 heterocycles. The van der Waals surface area contributed by atoms with Crippen molar-refractivity contribution >= 4 is 56.3 Å². The summed E-state index contributed by atoms with van der Waals surface area (Å²) in [6.45, 7) is 6.36. The van der Waals surface area contributed by atoms with Crippen molar-refractivity contribution in [2.45, 2.75) is 138 Å². The van der Waals surface area contributed by atoms with E-state index in [1.165, 1.54) is 24.1 Å². The van der Waals surface area contributed by atoms with Crippen LogP contribution >= 0.6 is 11.6 Å². The highest BCUT2D eigenvalue weighted by molar-refractivity contribution is 7.91. The van der Waals surface area contributed by atoms with E-state index in [1.807, 2.05) is 6.08 Å². The van der Waals surface area contributed by atoms with E-state index in [9.17, 15) is 36.4 Å². The summed E-state index contributed by atoms with van der Waals surface area (Å²) in [6, 6.07) is 0.613. The van der Waals surface area contributed by atoms with Gasteiger partial charge in [-0.2, -0.15) is 0 Å². The number of amides is 4. The first-order valence-corrected chi connectivity index (χ1v) is 21.6. The Hall–Kier alpha value is -4.25. The Morgan fingerprint density at radius 3 is 2.53 bits per heavy atom. The van der Waals surface area contributed by atoms with E-state index in [4.69, 9.17) is 25.8 Å². The van der Waals surface area contributed by atoms with E-state index in [0.717, 1.165) is 6.42 Å². The number of carbonyl (C=O) groups is 4. The number of nitrogens with zero attached hydrogens (tertiary/aromatic N) is 2. The smallest absolute Gasteiger partial charge is 0.408 e. The lowest BCUT2D eigenvalue weighted by atomic mass is 9.87. The molecule has 0 radical (unpaired) electrons. The number of carbonyl (C=O) groups excluding carboxylic acids is 4. The molecule has 1 saturated heterocycles. The third-order valence-corrected chi connectivity index (χ3v) is 14.5. The molecule has 7 rings (SSSR count). The molecule has 3 fully saturated rings. The number of rotatable bonds is 6. The molecular weight excluding hydrogens is 800 g/mol. The van der Waals surface area contributed by atoms with Gasteiger partial charge in [-0.3, -0.25) is 19.1 Å². The monoisotopic (exact) mass is 849 g/mol. The van der Waals surface area contributed by atoms with Crippen molar-refractivity contribution in [3.8, 4) is 11.5 Å². The van der Waals surface area contributed by atoms with E-state index < -0.39 is 85.4 Å². The van der Waals surface area contributed by atoms with Gasteiger partial charge in [-0.25, -0.2) is 27.0 Å². The van der Waals surface area contributed by atoms with E-state index in [1.54, 1.807) is 33.8 Å². The van der Waals surface area contributed by atoms with Crippen LogP contribution in [0.25, 0.3) is 10.9 Å². The van der Waals surface area contributed by atoms with Crippen molar-refractivity contribution in [2.24, 2.45) is 5.92 Å². The number of nitrogens with one attached hydrogen (secondary N) is 3. The number of halogens is 3. The molecule has 14 nitrogen and oxygen atoms in total. The van der Waals surface area contributed by atoms with Crippen molar-refractivity contribution < 1.29 is 50.6 Å². The zero-order valence-corrected chi connectivity index (χ0v) is 34.8. The van der Waals surface area contributed by atoms with Crippen LogP contribution in [0.1, 0.15) is 110 Å². The van der Waals surface area contributed by atoms with Crippen LogP contribution in [0.15, 0.2) is 24.3 Å². The number of methoxy groups -OCH3 is 1. The van der Waals surface area contributed by atoms with Gasteiger partial charge in [0.25, 0.3) is 12.3 Å². The van der Waals surface area contributed by atoms with Crippen LogP contribution in [0.2, 0.25) is 5.02 Å². The van der Waals surface area contributed by atoms with Crippen LogP contribution < -0.4 is 24.8 Å². The van der Waals surface area contributed by atoms with E-state index in [2.05, 4.69) is 20.3 Å². The molecule has 3 N–H and O–H groups in total. The van der Waals surface area contributed by atoms with Gasteiger partial charge in [-0.05, 0) is 91.2 Å². The molecule has 2 aliphatic carbocycles. The zero-order valence-electron chi connectivity index (χ0n) is 33.2. The molecule has 4 amide bonds. The highest BCUT2D eigenvalue weighted by atomic mass is 35.5. The van der Waals surface area contributed by atoms with Gasteiger partial charge in [0.1, 0.15) is 40.3 Å². The Kier molecular flexibility index (Phi) is 10.9. The number of aromatic nitrogens is 1. The number of aryl methyl sites for hydroxylation is 1. The summed E-state index contributed by atoms with van der Waals surface area (Å²) in [7, 11) is -2.64. The fourth-order valence-corrected chi connectivity index (χ4v) is 10.0. The number of allylic oxidation sites excluding steroid dienone is 1. The van der Waals surface area contributed by atoms with Crippen LogP contribution in [0.3, 0.4) is 0 Å². The number of sulfonamides is 1. The van der Waals surface area contributed by atoms with Crippen LogP contribution in [0.5, 0.6) is 11.5 Å². The Morgan fingerprint density at radius 1 is 1.12 bits per heavy atom. The Balaban J connectivity index is 1.27. The zero-order chi connectivity index (χ0) is 42.0. The number of fused-ring (bicyclic) bond motifs is 5. The van der Waals surface area contributed by atoms with Crippen LogP contribution in [0, 0.1) is 5.92 Å². The van der Waals surface area contributed by atoms with Gasteiger partial charge in [0, 0.05) is 23.3 Å². The highest BCUT2D eigenvalue weighted by Crippen LogP contribution is 2.51. The van der Waals surface area contributed by atoms with Crippen molar-refractivity contribution in [3.63, 3.8) is 0 Å². The topological polar surface area (TPSA) is 182 Å². The molecule has 316 valence electrons.